The molecule has 0 saturated carbocycles. The molecular formula is C20H21F3N2O. The number of likely N-dealkylation sites (tertiary alicyclic amines) is 1. The maximum atomic E-state index is 12.6. The third-order valence-electron chi connectivity index (χ3n) is 4.73. The van der Waals surface area contributed by atoms with Gasteiger partial charge in [0, 0.05) is 18.8 Å². The van der Waals surface area contributed by atoms with Gasteiger partial charge in [0.05, 0.1) is 5.56 Å². The van der Waals surface area contributed by atoms with E-state index in [1.165, 1.54) is 17.7 Å². The second-order valence-corrected chi connectivity index (χ2v) is 6.63. The van der Waals surface area contributed by atoms with Crippen molar-refractivity contribution in [2.45, 2.75) is 25.4 Å². The fourth-order valence-corrected chi connectivity index (χ4v) is 3.23. The molecule has 1 aliphatic rings. The third kappa shape index (κ3) is 4.77. The number of rotatable bonds is 3. The van der Waals surface area contributed by atoms with Crippen LogP contribution in [0.1, 0.15) is 24.0 Å². The van der Waals surface area contributed by atoms with Gasteiger partial charge in [0.2, 0.25) is 0 Å². The number of hydrogen-bond donors (Lipinski definition) is 1. The number of urea groups is 1. The molecule has 0 aliphatic carbocycles. The van der Waals surface area contributed by atoms with Crippen molar-refractivity contribution < 1.29 is 18.0 Å². The van der Waals surface area contributed by atoms with Crippen LogP contribution in [0.25, 0.3) is 0 Å². The Morgan fingerprint density at radius 2 is 1.62 bits per heavy atom. The van der Waals surface area contributed by atoms with Crippen molar-refractivity contribution in [1.82, 2.24) is 4.90 Å². The fourth-order valence-electron chi connectivity index (χ4n) is 3.23. The van der Waals surface area contributed by atoms with Gasteiger partial charge in [0.15, 0.2) is 0 Å². The first-order valence-electron chi connectivity index (χ1n) is 8.69. The zero-order valence-corrected chi connectivity index (χ0v) is 14.3. The molecule has 1 aliphatic heterocycles. The number of nitrogens with one attached hydrogen (secondary N) is 1. The first-order valence-corrected chi connectivity index (χ1v) is 8.69. The Balaban J connectivity index is 1.49. The summed E-state index contributed by atoms with van der Waals surface area (Å²) in [5, 5.41) is 2.67. The van der Waals surface area contributed by atoms with Crippen LogP contribution in [0.4, 0.5) is 23.7 Å². The third-order valence-corrected chi connectivity index (χ3v) is 4.73. The van der Waals surface area contributed by atoms with Gasteiger partial charge < -0.3 is 10.2 Å². The van der Waals surface area contributed by atoms with Crippen molar-refractivity contribution >= 4 is 11.7 Å². The molecular weight excluding hydrogens is 341 g/mol. The van der Waals surface area contributed by atoms with E-state index in [2.05, 4.69) is 17.4 Å². The minimum Gasteiger partial charge on any atom is -0.325 e. The number of nitrogens with zero attached hydrogens (tertiary/aromatic N) is 1. The smallest absolute Gasteiger partial charge is 0.325 e. The zero-order chi connectivity index (χ0) is 18.6. The molecule has 0 spiro atoms. The Bertz CT molecular complexity index is 721. The number of anilines is 1. The van der Waals surface area contributed by atoms with Gasteiger partial charge in [-0.15, -0.1) is 0 Å². The van der Waals surface area contributed by atoms with E-state index in [0.717, 1.165) is 31.4 Å². The molecule has 2 aromatic rings. The molecule has 1 fully saturated rings. The number of piperidine rings is 1. The molecule has 0 radical (unpaired) electrons. The summed E-state index contributed by atoms with van der Waals surface area (Å²) in [5.74, 6) is 0.549. The van der Waals surface area contributed by atoms with Crippen LogP contribution in [-0.4, -0.2) is 24.0 Å². The second kappa shape index (κ2) is 7.81. The Hall–Kier alpha value is -2.50. The Morgan fingerprint density at radius 1 is 1.00 bits per heavy atom. The van der Waals surface area contributed by atoms with Crippen LogP contribution in [0.2, 0.25) is 0 Å². The topological polar surface area (TPSA) is 32.3 Å². The average molecular weight is 362 g/mol. The van der Waals surface area contributed by atoms with Gasteiger partial charge >= 0.3 is 12.2 Å². The summed E-state index contributed by atoms with van der Waals surface area (Å²) in [6.45, 7) is 1.31. The van der Waals surface area contributed by atoms with Gasteiger partial charge in [-0.25, -0.2) is 4.79 Å². The standard InChI is InChI=1S/C20H21F3N2O/c21-20(22,23)17-6-8-18(9-7-17)24-19(26)25-12-10-16(11-13-25)14-15-4-2-1-3-5-15/h1-9,16H,10-14H2,(H,24,26). The highest BCUT2D eigenvalue weighted by atomic mass is 19.4. The van der Waals surface area contributed by atoms with Gasteiger partial charge in [-0.2, -0.15) is 13.2 Å². The molecule has 3 nitrogen and oxygen atoms in total. The van der Waals surface area contributed by atoms with Crippen molar-refractivity contribution in [1.29, 1.82) is 0 Å². The van der Waals surface area contributed by atoms with E-state index >= 15 is 0 Å². The highest BCUT2D eigenvalue weighted by Crippen LogP contribution is 2.30. The van der Waals surface area contributed by atoms with E-state index < -0.39 is 11.7 Å². The van der Waals surface area contributed by atoms with E-state index in [1.54, 1.807) is 4.90 Å². The van der Waals surface area contributed by atoms with Crippen LogP contribution in [0.15, 0.2) is 54.6 Å². The fraction of sp³-hybridized carbons (Fsp3) is 0.350. The lowest BCUT2D eigenvalue weighted by Gasteiger charge is -2.32. The number of carbonyl (C=O) groups is 1. The largest absolute Gasteiger partial charge is 0.416 e. The number of alkyl halides is 3. The summed E-state index contributed by atoms with van der Waals surface area (Å²) in [6, 6.07) is 14.5. The summed E-state index contributed by atoms with van der Waals surface area (Å²) in [7, 11) is 0. The Kier molecular flexibility index (Phi) is 5.49. The van der Waals surface area contributed by atoms with Crippen molar-refractivity contribution in [2.75, 3.05) is 18.4 Å². The van der Waals surface area contributed by atoms with Crippen LogP contribution in [-0.2, 0) is 12.6 Å². The van der Waals surface area contributed by atoms with Gasteiger partial charge in [-0.05, 0) is 55.0 Å². The van der Waals surface area contributed by atoms with E-state index in [0.29, 0.717) is 24.7 Å². The molecule has 0 atom stereocenters. The van der Waals surface area contributed by atoms with E-state index in [1.807, 2.05) is 18.2 Å². The van der Waals surface area contributed by atoms with E-state index in [-0.39, 0.29) is 6.03 Å². The van der Waals surface area contributed by atoms with Crippen molar-refractivity contribution in [3.8, 4) is 0 Å². The monoisotopic (exact) mass is 362 g/mol. The summed E-state index contributed by atoms with van der Waals surface area (Å²) < 4.78 is 37.7. The van der Waals surface area contributed by atoms with Crippen LogP contribution >= 0.6 is 0 Å². The molecule has 3 rings (SSSR count). The van der Waals surface area contributed by atoms with Crippen molar-refractivity contribution in [3.05, 3.63) is 65.7 Å². The Labute approximate surface area is 150 Å². The number of amides is 2. The van der Waals surface area contributed by atoms with E-state index in [4.69, 9.17) is 0 Å². The molecule has 1 N–H and O–H groups in total. The lowest BCUT2D eigenvalue weighted by molar-refractivity contribution is -0.137. The molecule has 138 valence electrons. The summed E-state index contributed by atoms with van der Waals surface area (Å²) in [6.07, 6.45) is -1.51. The SMILES string of the molecule is O=C(Nc1ccc(C(F)(F)F)cc1)N1CCC(Cc2ccccc2)CC1. The number of carbonyl (C=O) groups excluding carboxylic acids is 1. The first kappa shape index (κ1) is 18.3. The molecule has 26 heavy (non-hydrogen) atoms. The molecule has 2 aromatic carbocycles. The molecule has 0 unspecified atom stereocenters. The zero-order valence-electron chi connectivity index (χ0n) is 14.3. The molecule has 2 amide bonds. The number of halogens is 3. The molecule has 0 aromatic heterocycles. The summed E-state index contributed by atoms with van der Waals surface area (Å²) >= 11 is 0. The summed E-state index contributed by atoms with van der Waals surface area (Å²) in [4.78, 5) is 14.0. The quantitative estimate of drug-likeness (QED) is 0.800. The lowest BCUT2D eigenvalue weighted by atomic mass is 9.90. The van der Waals surface area contributed by atoms with Crippen molar-refractivity contribution in [3.63, 3.8) is 0 Å². The van der Waals surface area contributed by atoms with Gasteiger partial charge in [-0.1, -0.05) is 30.3 Å². The molecule has 6 heteroatoms. The Morgan fingerprint density at radius 3 is 2.19 bits per heavy atom. The van der Waals surface area contributed by atoms with Crippen molar-refractivity contribution in [2.24, 2.45) is 5.92 Å². The highest BCUT2D eigenvalue weighted by molar-refractivity contribution is 5.89. The first-order chi connectivity index (χ1) is 12.4. The van der Waals surface area contributed by atoms with Gasteiger partial charge in [0.1, 0.15) is 0 Å². The number of benzene rings is 2. The minimum atomic E-state index is -4.37. The normalized spacial score (nSPS) is 15.7. The van der Waals surface area contributed by atoms with Crippen LogP contribution in [0, 0.1) is 5.92 Å². The lowest BCUT2D eigenvalue weighted by Crippen LogP contribution is -2.41. The molecule has 0 bridgehead atoms. The second-order valence-electron chi connectivity index (χ2n) is 6.63. The highest BCUT2D eigenvalue weighted by Gasteiger charge is 2.30. The summed E-state index contributed by atoms with van der Waals surface area (Å²) in [5.41, 5.74) is 0.951. The number of hydrogen-bond acceptors (Lipinski definition) is 1. The van der Waals surface area contributed by atoms with Gasteiger partial charge in [0.25, 0.3) is 0 Å². The maximum absolute atomic E-state index is 12.6. The maximum Gasteiger partial charge on any atom is 0.416 e. The van der Waals surface area contributed by atoms with Crippen LogP contribution in [0.5, 0.6) is 0 Å². The van der Waals surface area contributed by atoms with Gasteiger partial charge in [-0.3, -0.25) is 0 Å². The van der Waals surface area contributed by atoms with E-state index in [9.17, 15) is 18.0 Å². The van der Waals surface area contributed by atoms with Crippen LogP contribution < -0.4 is 5.32 Å². The predicted octanol–water partition coefficient (Wildman–Crippen LogP) is 5.19. The minimum absolute atomic E-state index is 0.261. The van der Waals surface area contributed by atoms with Crippen LogP contribution in [0.3, 0.4) is 0 Å². The average Bonchev–Trinajstić information content (AvgIpc) is 2.63. The molecule has 1 heterocycles. The predicted molar refractivity (Wildman–Crippen MR) is 94.9 cm³/mol. The molecule has 1 saturated heterocycles.